The number of rotatable bonds is 6. The van der Waals surface area contributed by atoms with Crippen LogP contribution in [0.2, 0.25) is 0 Å². The molecule has 0 heterocycles. The predicted octanol–water partition coefficient (Wildman–Crippen LogP) is 2.60. The van der Waals surface area contributed by atoms with E-state index in [4.69, 9.17) is 5.26 Å². The molecular formula is C16H22N2O2S. The molecule has 0 saturated heterocycles. The van der Waals surface area contributed by atoms with E-state index in [0.29, 0.717) is 18.2 Å². The molecule has 2 rings (SSSR count). The number of nitriles is 1. The Morgan fingerprint density at radius 1 is 1.33 bits per heavy atom. The molecule has 4 nitrogen and oxygen atoms in total. The molecule has 1 aromatic rings. The summed E-state index contributed by atoms with van der Waals surface area (Å²) in [6, 6.07) is 8.80. The maximum Gasteiger partial charge on any atom is 0.179 e. The lowest BCUT2D eigenvalue weighted by Gasteiger charge is -2.27. The molecule has 0 spiro atoms. The van der Waals surface area contributed by atoms with Crippen molar-refractivity contribution in [2.24, 2.45) is 0 Å². The Bertz CT molecular complexity index is 613. The molecule has 114 valence electrons. The fourth-order valence-corrected chi connectivity index (χ4v) is 4.29. The van der Waals surface area contributed by atoms with Gasteiger partial charge in [0.05, 0.1) is 22.3 Å². The first kappa shape index (κ1) is 16.0. The maximum atomic E-state index is 12.4. The quantitative estimate of drug-likeness (QED) is 0.810. The van der Waals surface area contributed by atoms with Gasteiger partial charge in [-0.2, -0.15) is 5.26 Å². The minimum absolute atomic E-state index is 0.117. The van der Waals surface area contributed by atoms with Crippen molar-refractivity contribution in [2.75, 3.05) is 18.8 Å². The third-order valence-corrected chi connectivity index (χ3v) is 5.91. The van der Waals surface area contributed by atoms with Gasteiger partial charge in [-0.25, -0.2) is 8.42 Å². The Labute approximate surface area is 127 Å². The summed E-state index contributed by atoms with van der Waals surface area (Å²) in [5, 5.41) is 8.87. The Balaban J connectivity index is 2.04. The molecule has 21 heavy (non-hydrogen) atoms. The van der Waals surface area contributed by atoms with E-state index in [1.165, 1.54) is 31.7 Å². The van der Waals surface area contributed by atoms with Gasteiger partial charge < -0.3 is 0 Å². The van der Waals surface area contributed by atoms with Crippen LogP contribution >= 0.6 is 0 Å². The van der Waals surface area contributed by atoms with Crippen LogP contribution in [0.1, 0.15) is 38.2 Å². The van der Waals surface area contributed by atoms with Gasteiger partial charge in [0, 0.05) is 12.6 Å². The number of sulfone groups is 1. The van der Waals surface area contributed by atoms with Gasteiger partial charge in [-0.1, -0.05) is 25.8 Å². The molecule has 0 N–H and O–H groups in total. The van der Waals surface area contributed by atoms with Crippen LogP contribution in [0.3, 0.4) is 0 Å². The Hall–Kier alpha value is -1.38. The summed E-state index contributed by atoms with van der Waals surface area (Å²) in [6.07, 6.45) is 4.85. The van der Waals surface area contributed by atoms with Crippen LogP contribution in [0.15, 0.2) is 29.2 Å². The van der Waals surface area contributed by atoms with Crippen molar-refractivity contribution < 1.29 is 8.42 Å². The second-order valence-corrected chi connectivity index (χ2v) is 7.63. The minimum atomic E-state index is -3.32. The highest BCUT2D eigenvalue weighted by atomic mass is 32.2. The lowest BCUT2D eigenvalue weighted by atomic mass is 10.2. The first-order chi connectivity index (χ1) is 10.1. The van der Waals surface area contributed by atoms with Gasteiger partial charge in [0.15, 0.2) is 9.84 Å². The zero-order chi connectivity index (χ0) is 15.3. The Morgan fingerprint density at radius 3 is 2.67 bits per heavy atom. The summed E-state index contributed by atoms with van der Waals surface area (Å²) in [7, 11) is -3.32. The second-order valence-electron chi connectivity index (χ2n) is 5.53. The summed E-state index contributed by atoms with van der Waals surface area (Å²) < 4.78 is 24.8. The first-order valence-electron chi connectivity index (χ1n) is 7.54. The highest BCUT2D eigenvalue weighted by Gasteiger charge is 2.23. The number of hydrogen-bond donors (Lipinski definition) is 0. The van der Waals surface area contributed by atoms with Crippen molar-refractivity contribution in [2.45, 2.75) is 43.5 Å². The van der Waals surface area contributed by atoms with E-state index in [0.717, 1.165) is 6.54 Å². The van der Waals surface area contributed by atoms with Gasteiger partial charge in [-0.3, -0.25) is 4.90 Å². The van der Waals surface area contributed by atoms with Crippen LogP contribution in [-0.4, -0.2) is 38.2 Å². The maximum absolute atomic E-state index is 12.4. The van der Waals surface area contributed by atoms with Crippen molar-refractivity contribution in [3.8, 4) is 6.07 Å². The van der Waals surface area contributed by atoms with Crippen LogP contribution in [0.5, 0.6) is 0 Å². The molecule has 0 atom stereocenters. The lowest BCUT2D eigenvalue weighted by molar-refractivity contribution is 0.221. The van der Waals surface area contributed by atoms with Crippen LogP contribution in [-0.2, 0) is 9.84 Å². The second kappa shape index (κ2) is 7.06. The van der Waals surface area contributed by atoms with Gasteiger partial charge in [0.2, 0.25) is 0 Å². The standard InChI is InChI=1S/C16H22N2O2S/c1-2-18(15-7-3-4-8-15)10-11-21(19,20)16-9-5-6-14(12-16)13-17/h5-6,9,12,15H,2-4,7-8,10-11H2,1H3. The van der Waals surface area contributed by atoms with Crippen molar-refractivity contribution in [1.29, 1.82) is 5.26 Å². The summed E-state index contributed by atoms with van der Waals surface area (Å²) in [4.78, 5) is 2.53. The lowest BCUT2D eigenvalue weighted by Crippen LogP contribution is -2.36. The molecule has 1 saturated carbocycles. The summed E-state index contributed by atoms with van der Waals surface area (Å²) >= 11 is 0. The first-order valence-corrected chi connectivity index (χ1v) is 9.19. The molecule has 5 heteroatoms. The molecule has 1 aromatic carbocycles. The molecule has 0 unspecified atom stereocenters. The third-order valence-electron chi connectivity index (χ3n) is 4.22. The average Bonchev–Trinajstić information content (AvgIpc) is 3.02. The van der Waals surface area contributed by atoms with Gasteiger partial charge in [-0.05, 0) is 37.6 Å². The van der Waals surface area contributed by atoms with Gasteiger partial charge in [0.1, 0.15) is 0 Å². The molecule has 1 aliphatic rings. The zero-order valence-electron chi connectivity index (χ0n) is 12.5. The van der Waals surface area contributed by atoms with E-state index in [1.807, 2.05) is 6.07 Å². The smallest absolute Gasteiger partial charge is 0.179 e. The molecule has 0 radical (unpaired) electrons. The Kier molecular flexibility index (Phi) is 5.38. The Morgan fingerprint density at radius 2 is 2.05 bits per heavy atom. The van der Waals surface area contributed by atoms with Gasteiger partial charge in [-0.15, -0.1) is 0 Å². The fraction of sp³-hybridized carbons (Fsp3) is 0.562. The van der Waals surface area contributed by atoms with Crippen LogP contribution in [0.25, 0.3) is 0 Å². The summed E-state index contributed by atoms with van der Waals surface area (Å²) in [5.41, 5.74) is 0.388. The van der Waals surface area contributed by atoms with E-state index in [2.05, 4.69) is 11.8 Å². The molecular weight excluding hydrogens is 284 g/mol. The van der Waals surface area contributed by atoms with Crippen molar-refractivity contribution in [1.82, 2.24) is 4.90 Å². The highest BCUT2D eigenvalue weighted by molar-refractivity contribution is 7.91. The van der Waals surface area contributed by atoms with Crippen LogP contribution in [0, 0.1) is 11.3 Å². The number of nitrogens with zero attached hydrogens (tertiary/aromatic N) is 2. The molecule has 1 fully saturated rings. The SMILES string of the molecule is CCN(CCS(=O)(=O)c1cccc(C#N)c1)C1CCCC1. The third kappa shape index (κ3) is 4.05. The van der Waals surface area contributed by atoms with Crippen molar-refractivity contribution >= 4 is 9.84 Å². The van der Waals surface area contributed by atoms with Crippen molar-refractivity contribution in [3.63, 3.8) is 0 Å². The molecule has 0 aliphatic heterocycles. The summed E-state index contributed by atoms with van der Waals surface area (Å²) in [6.45, 7) is 3.54. The van der Waals surface area contributed by atoms with E-state index >= 15 is 0 Å². The van der Waals surface area contributed by atoms with Gasteiger partial charge in [0.25, 0.3) is 0 Å². The fourth-order valence-electron chi connectivity index (χ4n) is 2.98. The highest BCUT2D eigenvalue weighted by Crippen LogP contribution is 2.23. The van der Waals surface area contributed by atoms with E-state index < -0.39 is 9.84 Å². The van der Waals surface area contributed by atoms with E-state index in [1.54, 1.807) is 18.2 Å². The largest absolute Gasteiger partial charge is 0.300 e. The van der Waals surface area contributed by atoms with Crippen molar-refractivity contribution in [3.05, 3.63) is 29.8 Å². The van der Waals surface area contributed by atoms with Crippen LogP contribution < -0.4 is 0 Å². The zero-order valence-corrected chi connectivity index (χ0v) is 13.3. The normalized spacial score (nSPS) is 16.2. The summed E-state index contributed by atoms with van der Waals surface area (Å²) in [5.74, 6) is 0.117. The van der Waals surface area contributed by atoms with E-state index in [9.17, 15) is 8.42 Å². The number of hydrogen-bond acceptors (Lipinski definition) is 4. The topological polar surface area (TPSA) is 61.2 Å². The predicted molar refractivity (Wildman–Crippen MR) is 82.7 cm³/mol. The average molecular weight is 306 g/mol. The molecule has 0 bridgehead atoms. The van der Waals surface area contributed by atoms with Crippen LogP contribution in [0.4, 0.5) is 0 Å². The molecule has 0 amide bonds. The monoisotopic (exact) mass is 306 g/mol. The van der Waals surface area contributed by atoms with E-state index in [-0.39, 0.29) is 10.6 Å². The minimum Gasteiger partial charge on any atom is -0.300 e. The molecule has 1 aliphatic carbocycles. The molecule has 0 aromatic heterocycles. The number of benzene rings is 1. The van der Waals surface area contributed by atoms with Gasteiger partial charge >= 0.3 is 0 Å².